The maximum atomic E-state index is 10.7. The van der Waals surface area contributed by atoms with E-state index in [2.05, 4.69) is 69.5 Å². The predicted octanol–water partition coefficient (Wildman–Crippen LogP) is 5.86. The fourth-order valence-electron chi connectivity index (χ4n) is 5.08. The number of phenols is 1. The maximum absolute atomic E-state index is 10.7. The van der Waals surface area contributed by atoms with Crippen LogP contribution in [0.25, 0.3) is 33.4 Å². The molecular weight excluding hydrogens is 494 g/mol. The fraction of sp³-hybridized carbons (Fsp3) is 0.440. The third-order valence-corrected chi connectivity index (χ3v) is 6.64. The van der Waals surface area contributed by atoms with Gasteiger partial charge in [-0.1, -0.05) is 25.1 Å². The van der Waals surface area contributed by atoms with Gasteiger partial charge in [-0.05, 0) is 80.2 Å². The number of aromatic nitrogens is 6. The standard InChI is InChI=1S/C23H26BrN7O.C2H6/c1-22(2)9-15(10-23(3,4)29-22)31-21-18(27-30-31)7-14(11-25-21)16-6-5-13(8-19(16)32)17-12-26-28-20(17)24;1-2/h5-8,11-12,15,29,32H,9-10H2,1-4H3,(H,26,28);1-2H3. The molecule has 5 rings (SSSR count). The molecule has 0 aliphatic carbocycles. The highest BCUT2D eigenvalue weighted by molar-refractivity contribution is 9.10. The molecule has 0 unspecified atom stereocenters. The molecule has 0 spiro atoms. The lowest BCUT2D eigenvalue weighted by Crippen LogP contribution is -2.58. The largest absolute Gasteiger partial charge is 0.507 e. The average molecular weight is 526 g/mol. The summed E-state index contributed by atoms with van der Waals surface area (Å²) in [6, 6.07) is 7.71. The Morgan fingerprint density at radius 2 is 1.71 bits per heavy atom. The fourth-order valence-corrected chi connectivity index (χ4v) is 5.52. The first-order valence-electron chi connectivity index (χ1n) is 11.6. The van der Waals surface area contributed by atoms with Crippen molar-refractivity contribution in [2.75, 3.05) is 0 Å². The van der Waals surface area contributed by atoms with E-state index in [4.69, 9.17) is 4.98 Å². The average Bonchev–Trinajstić information content (AvgIpc) is 3.38. The second-order valence-corrected chi connectivity index (χ2v) is 10.7. The first-order valence-corrected chi connectivity index (χ1v) is 12.4. The van der Waals surface area contributed by atoms with Gasteiger partial charge < -0.3 is 10.4 Å². The van der Waals surface area contributed by atoms with Crippen molar-refractivity contribution in [1.82, 2.24) is 35.5 Å². The number of benzene rings is 1. The predicted molar refractivity (Wildman–Crippen MR) is 139 cm³/mol. The van der Waals surface area contributed by atoms with Crippen LogP contribution in [0.3, 0.4) is 0 Å². The quantitative estimate of drug-likeness (QED) is 0.309. The molecule has 1 aliphatic rings. The summed E-state index contributed by atoms with van der Waals surface area (Å²) in [5.74, 6) is 0.172. The molecule has 1 fully saturated rings. The zero-order valence-electron chi connectivity index (χ0n) is 20.5. The molecule has 8 nitrogen and oxygen atoms in total. The van der Waals surface area contributed by atoms with Gasteiger partial charge in [0.25, 0.3) is 0 Å². The Kier molecular flexibility index (Phi) is 6.52. The van der Waals surface area contributed by atoms with Crippen molar-refractivity contribution < 1.29 is 5.11 Å². The van der Waals surface area contributed by atoms with Gasteiger partial charge in [-0.3, -0.25) is 5.10 Å². The molecule has 0 bridgehead atoms. The lowest BCUT2D eigenvalue weighted by atomic mass is 9.79. The highest BCUT2D eigenvalue weighted by Gasteiger charge is 2.39. The first-order chi connectivity index (χ1) is 16.1. The molecule has 34 heavy (non-hydrogen) atoms. The van der Waals surface area contributed by atoms with Gasteiger partial charge in [0.1, 0.15) is 15.9 Å². The summed E-state index contributed by atoms with van der Waals surface area (Å²) >= 11 is 3.44. The second kappa shape index (κ2) is 9.11. The van der Waals surface area contributed by atoms with E-state index in [1.54, 1.807) is 18.5 Å². The number of H-pyrrole nitrogens is 1. The number of halogens is 1. The van der Waals surface area contributed by atoms with Crippen LogP contribution in [-0.4, -0.2) is 46.4 Å². The molecule has 3 N–H and O–H groups in total. The van der Waals surface area contributed by atoms with Crippen molar-refractivity contribution in [2.24, 2.45) is 0 Å². The number of hydrogen-bond donors (Lipinski definition) is 3. The van der Waals surface area contributed by atoms with Crippen molar-refractivity contribution in [3.05, 3.63) is 41.3 Å². The number of pyridine rings is 1. The number of aromatic amines is 1. The normalized spacial score (nSPS) is 17.4. The molecule has 0 atom stereocenters. The minimum absolute atomic E-state index is 0.00213. The summed E-state index contributed by atoms with van der Waals surface area (Å²) in [7, 11) is 0. The van der Waals surface area contributed by atoms with Crippen LogP contribution in [0.4, 0.5) is 0 Å². The van der Waals surface area contributed by atoms with Crippen LogP contribution in [0.15, 0.2) is 41.3 Å². The Hall–Kier alpha value is -2.78. The van der Waals surface area contributed by atoms with Crippen LogP contribution >= 0.6 is 15.9 Å². The Morgan fingerprint density at radius 3 is 2.32 bits per heavy atom. The summed E-state index contributed by atoms with van der Waals surface area (Å²) in [5.41, 5.74) is 4.74. The van der Waals surface area contributed by atoms with E-state index in [1.165, 1.54) is 0 Å². The SMILES string of the molecule is CC.CC1(C)CC(n2nnc3cc(-c4ccc(-c5cn[nH]c5Br)cc4O)cnc32)CC(C)(C)N1. The molecule has 1 aliphatic heterocycles. The number of piperidine rings is 1. The van der Waals surface area contributed by atoms with Crippen LogP contribution in [0.1, 0.15) is 60.4 Å². The smallest absolute Gasteiger partial charge is 0.178 e. The minimum Gasteiger partial charge on any atom is -0.507 e. The van der Waals surface area contributed by atoms with E-state index >= 15 is 0 Å². The highest BCUT2D eigenvalue weighted by atomic mass is 79.9. The van der Waals surface area contributed by atoms with Gasteiger partial charge in [0, 0.05) is 34.0 Å². The number of rotatable bonds is 3. The van der Waals surface area contributed by atoms with E-state index in [1.807, 2.05) is 36.7 Å². The van der Waals surface area contributed by atoms with Gasteiger partial charge in [-0.2, -0.15) is 5.10 Å². The van der Waals surface area contributed by atoms with E-state index in [-0.39, 0.29) is 22.9 Å². The van der Waals surface area contributed by atoms with Crippen molar-refractivity contribution in [1.29, 1.82) is 0 Å². The number of nitrogens with zero attached hydrogens (tertiary/aromatic N) is 5. The summed E-state index contributed by atoms with van der Waals surface area (Å²) in [5, 5.41) is 30.1. The van der Waals surface area contributed by atoms with Crippen LogP contribution in [0, 0.1) is 0 Å². The molecule has 0 saturated carbocycles. The van der Waals surface area contributed by atoms with Crippen molar-refractivity contribution >= 4 is 27.1 Å². The van der Waals surface area contributed by atoms with E-state index in [0.717, 1.165) is 45.3 Å². The molecule has 1 saturated heterocycles. The van der Waals surface area contributed by atoms with Crippen LogP contribution in [0.5, 0.6) is 5.75 Å². The van der Waals surface area contributed by atoms with Crippen LogP contribution in [0.2, 0.25) is 0 Å². The zero-order chi connectivity index (χ0) is 24.7. The molecule has 0 amide bonds. The monoisotopic (exact) mass is 525 g/mol. The third-order valence-electron chi connectivity index (χ3n) is 6.04. The molecule has 0 radical (unpaired) electrons. The topological polar surface area (TPSA) is 105 Å². The van der Waals surface area contributed by atoms with Crippen molar-refractivity contribution in [2.45, 2.75) is 71.5 Å². The molecule has 4 aromatic rings. The Labute approximate surface area is 208 Å². The summed E-state index contributed by atoms with van der Waals surface area (Å²) < 4.78 is 2.73. The van der Waals surface area contributed by atoms with E-state index in [0.29, 0.717) is 5.56 Å². The van der Waals surface area contributed by atoms with Crippen LogP contribution < -0.4 is 5.32 Å². The molecule has 4 heterocycles. The van der Waals surface area contributed by atoms with Gasteiger partial charge in [0.2, 0.25) is 0 Å². The molecular formula is C25H32BrN7O. The van der Waals surface area contributed by atoms with Crippen LogP contribution in [-0.2, 0) is 0 Å². The second-order valence-electron chi connectivity index (χ2n) is 9.89. The lowest BCUT2D eigenvalue weighted by Gasteiger charge is -2.46. The number of aromatic hydroxyl groups is 1. The minimum atomic E-state index is 0.00213. The van der Waals surface area contributed by atoms with Gasteiger partial charge in [0.15, 0.2) is 5.65 Å². The zero-order valence-corrected chi connectivity index (χ0v) is 22.1. The highest BCUT2D eigenvalue weighted by Crippen LogP contribution is 2.38. The summed E-state index contributed by atoms with van der Waals surface area (Å²) in [4.78, 5) is 4.70. The molecule has 1 aromatic carbocycles. The van der Waals surface area contributed by atoms with Crippen molar-refractivity contribution in [3.63, 3.8) is 0 Å². The molecule has 3 aromatic heterocycles. The van der Waals surface area contributed by atoms with E-state index < -0.39 is 0 Å². The van der Waals surface area contributed by atoms with Gasteiger partial charge >= 0.3 is 0 Å². The van der Waals surface area contributed by atoms with Crippen molar-refractivity contribution in [3.8, 4) is 28.0 Å². The Balaban J connectivity index is 0.00000133. The summed E-state index contributed by atoms with van der Waals surface area (Å²) in [6.45, 7) is 12.9. The third kappa shape index (κ3) is 4.72. The Morgan fingerprint density at radius 1 is 1.00 bits per heavy atom. The lowest BCUT2D eigenvalue weighted by molar-refractivity contribution is 0.127. The summed E-state index contributed by atoms with van der Waals surface area (Å²) in [6.07, 6.45) is 5.39. The van der Waals surface area contributed by atoms with Gasteiger partial charge in [-0.25, -0.2) is 9.67 Å². The first kappa shape index (κ1) is 24.3. The maximum Gasteiger partial charge on any atom is 0.178 e. The number of nitrogens with one attached hydrogen (secondary N) is 2. The van der Waals surface area contributed by atoms with Gasteiger partial charge in [0.05, 0.1) is 12.2 Å². The van der Waals surface area contributed by atoms with Gasteiger partial charge in [-0.15, -0.1) is 5.10 Å². The number of fused-ring (bicyclic) bond motifs is 1. The van der Waals surface area contributed by atoms with E-state index in [9.17, 15) is 5.11 Å². The molecule has 9 heteroatoms. The number of phenolic OH excluding ortho intramolecular Hbond substituents is 1. The molecule has 180 valence electrons. The Bertz CT molecular complexity index is 1290. The number of hydrogen-bond acceptors (Lipinski definition) is 6.